The summed E-state index contributed by atoms with van der Waals surface area (Å²) in [5.74, 6) is 1.57. The van der Waals surface area contributed by atoms with Gasteiger partial charge in [-0.25, -0.2) is 13.4 Å². The molecule has 0 aromatic heterocycles. The second kappa shape index (κ2) is 8.48. The summed E-state index contributed by atoms with van der Waals surface area (Å²) in [6.07, 6.45) is 0. The Balaban J connectivity index is 2.23. The van der Waals surface area contributed by atoms with E-state index in [0.717, 1.165) is 11.3 Å². The van der Waals surface area contributed by atoms with Crippen LogP contribution >= 0.6 is 11.6 Å². The zero-order chi connectivity index (χ0) is 19.4. The first-order chi connectivity index (χ1) is 12.2. The molecule has 6 nitrogen and oxygen atoms in total. The van der Waals surface area contributed by atoms with Crippen LogP contribution in [0.2, 0.25) is 5.02 Å². The molecule has 146 valence electrons. The number of halogens is 1. The van der Waals surface area contributed by atoms with E-state index >= 15 is 0 Å². The van der Waals surface area contributed by atoms with Crippen LogP contribution in [0.3, 0.4) is 0 Å². The van der Waals surface area contributed by atoms with Crippen LogP contribution in [0.25, 0.3) is 0 Å². The van der Waals surface area contributed by atoms with E-state index in [1.807, 2.05) is 30.9 Å². The number of aliphatic imine (C=N–C) groups is 1. The third-order valence-corrected chi connectivity index (χ3v) is 7.17. The molecule has 1 N–H and O–H groups in total. The lowest BCUT2D eigenvalue weighted by Gasteiger charge is -2.39. The highest BCUT2D eigenvalue weighted by Gasteiger charge is 2.40. The van der Waals surface area contributed by atoms with E-state index < -0.39 is 14.6 Å². The Morgan fingerprint density at radius 1 is 1.38 bits per heavy atom. The van der Waals surface area contributed by atoms with E-state index in [2.05, 4.69) is 5.32 Å². The molecule has 0 atom stereocenters. The quantitative estimate of drug-likeness (QED) is 0.606. The molecule has 1 heterocycles. The predicted molar refractivity (Wildman–Crippen MR) is 107 cm³/mol. The molecule has 26 heavy (non-hydrogen) atoms. The maximum atomic E-state index is 12.2. The Hall–Kier alpha value is -1.47. The van der Waals surface area contributed by atoms with Crippen molar-refractivity contribution in [3.8, 4) is 5.75 Å². The van der Waals surface area contributed by atoms with E-state index in [1.54, 1.807) is 19.9 Å². The standard InChI is InChI=1S/C18H28ClN3O3S/c1-5-20-17(22-9-10-26(23,24)18(3,4)13-22)21-12-14-7-8-15(19)11-16(14)25-6-2/h7-8,11H,5-6,9-10,12-13H2,1-4H3,(H,20,21). The molecule has 0 amide bonds. The average Bonchev–Trinajstić information content (AvgIpc) is 2.56. The first-order valence-corrected chi connectivity index (χ1v) is 10.9. The van der Waals surface area contributed by atoms with E-state index in [1.165, 1.54) is 0 Å². The van der Waals surface area contributed by atoms with Gasteiger partial charge in [0.2, 0.25) is 0 Å². The smallest absolute Gasteiger partial charge is 0.194 e. The van der Waals surface area contributed by atoms with Crippen LogP contribution in [0.4, 0.5) is 0 Å². The molecule has 0 bridgehead atoms. The number of nitrogens with zero attached hydrogens (tertiary/aromatic N) is 2. The molecule has 1 aliphatic rings. The zero-order valence-electron chi connectivity index (χ0n) is 15.9. The van der Waals surface area contributed by atoms with E-state index in [-0.39, 0.29) is 5.75 Å². The minimum atomic E-state index is -3.09. The molecule has 0 saturated carbocycles. The summed E-state index contributed by atoms with van der Waals surface area (Å²) in [6.45, 7) is 10.0. The van der Waals surface area contributed by atoms with Crippen molar-refractivity contribution >= 4 is 27.4 Å². The van der Waals surface area contributed by atoms with Gasteiger partial charge in [0.15, 0.2) is 15.8 Å². The van der Waals surface area contributed by atoms with Crippen LogP contribution in [0.15, 0.2) is 23.2 Å². The van der Waals surface area contributed by atoms with Gasteiger partial charge >= 0.3 is 0 Å². The molecule has 0 spiro atoms. The normalized spacial score (nSPS) is 19.3. The Morgan fingerprint density at radius 2 is 2.12 bits per heavy atom. The summed E-state index contributed by atoms with van der Waals surface area (Å²) in [5, 5.41) is 3.89. The summed E-state index contributed by atoms with van der Waals surface area (Å²) in [5.41, 5.74) is 0.940. The molecule has 1 fully saturated rings. The Bertz CT molecular complexity index is 763. The average molecular weight is 402 g/mol. The van der Waals surface area contributed by atoms with Crippen molar-refractivity contribution in [2.75, 3.05) is 32.0 Å². The fourth-order valence-electron chi connectivity index (χ4n) is 2.86. The molecule has 0 aliphatic carbocycles. The number of hydrogen-bond acceptors (Lipinski definition) is 4. The number of nitrogens with one attached hydrogen (secondary N) is 1. The van der Waals surface area contributed by atoms with Crippen molar-refractivity contribution in [2.45, 2.75) is 39.0 Å². The third kappa shape index (κ3) is 4.82. The number of sulfone groups is 1. The first-order valence-electron chi connectivity index (χ1n) is 8.87. The van der Waals surface area contributed by atoms with Gasteiger partial charge in [0.25, 0.3) is 0 Å². The van der Waals surface area contributed by atoms with Gasteiger partial charge in [-0.2, -0.15) is 0 Å². The van der Waals surface area contributed by atoms with Crippen molar-refractivity contribution in [1.82, 2.24) is 10.2 Å². The molecular weight excluding hydrogens is 374 g/mol. The van der Waals surface area contributed by atoms with Crippen molar-refractivity contribution in [1.29, 1.82) is 0 Å². The topological polar surface area (TPSA) is 71.0 Å². The van der Waals surface area contributed by atoms with Gasteiger partial charge in [0.1, 0.15) is 5.75 Å². The zero-order valence-corrected chi connectivity index (χ0v) is 17.5. The molecule has 0 radical (unpaired) electrons. The summed E-state index contributed by atoms with van der Waals surface area (Å²) >= 11 is 6.05. The van der Waals surface area contributed by atoms with Crippen LogP contribution in [0, 0.1) is 0 Å². The number of rotatable bonds is 5. The van der Waals surface area contributed by atoms with Gasteiger partial charge in [0.05, 0.1) is 23.7 Å². The Kier molecular flexibility index (Phi) is 6.80. The third-order valence-electron chi connectivity index (χ3n) is 4.41. The molecule has 2 rings (SSSR count). The second-order valence-corrected chi connectivity index (χ2v) is 10.0. The van der Waals surface area contributed by atoms with Crippen molar-refractivity contribution in [3.63, 3.8) is 0 Å². The first kappa shape index (κ1) is 20.8. The minimum Gasteiger partial charge on any atom is -0.493 e. The molecule has 0 unspecified atom stereocenters. The maximum absolute atomic E-state index is 12.2. The van der Waals surface area contributed by atoms with E-state index in [9.17, 15) is 8.42 Å². The van der Waals surface area contributed by atoms with Gasteiger partial charge in [-0.05, 0) is 39.8 Å². The highest BCUT2D eigenvalue weighted by molar-refractivity contribution is 7.92. The highest BCUT2D eigenvalue weighted by atomic mass is 35.5. The fraction of sp³-hybridized carbons (Fsp3) is 0.611. The van der Waals surface area contributed by atoms with Crippen molar-refractivity contribution < 1.29 is 13.2 Å². The van der Waals surface area contributed by atoms with Crippen LogP contribution in [0.5, 0.6) is 5.75 Å². The van der Waals surface area contributed by atoms with Crippen molar-refractivity contribution in [3.05, 3.63) is 28.8 Å². The number of hydrogen-bond donors (Lipinski definition) is 1. The maximum Gasteiger partial charge on any atom is 0.194 e. The van der Waals surface area contributed by atoms with Crippen molar-refractivity contribution in [2.24, 2.45) is 4.99 Å². The summed E-state index contributed by atoms with van der Waals surface area (Å²) < 4.78 is 29.3. The predicted octanol–water partition coefficient (Wildman–Crippen LogP) is 2.71. The van der Waals surface area contributed by atoms with Gasteiger partial charge in [-0.1, -0.05) is 17.7 Å². The second-order valence-electron chi connectivity index (χ2n) is 6.86. The summed E-state index contributed by atoms with van der Waals surface area (Å²) in [7, 11) is -3.09. The Morgan fingerprint density at radius 3 is 2.73 bits per heavy atom. The molecule has 1 saturated heterocycles. The monoisotopic (exact) mass is 401 g/mol. The van der Waals surface area contributed by atoms with Gasteiger partial charge in [-0.15, -0.1) is 0 Å². The van der Waals surface area contributed by atoms with Crippen LogP contribution < -0.4 is 10.1 Å². The van der Waals surface area contributed by atoms with E-state index in [0.29, 0.717) is 43.8 Å². The van der Waals surface area contributed by atoms with Crippen LogP contribution in [0.1, 0.15) is 33.3 Å². The van der Waals surface area contributed by atoms with Gasteiger partial charge in [-0.3, -0.25) is 0 Å². The van der Waals surface area contributed by atoms with Gasteiger partial charge in [0, 0.05) is 30.2 Å². The minimum absolute atomic E-state index is 0.134. The SMILES string of the molecule is CCNC(=NCc1ccc(Cl)cc1OCC)N1CCS(=O)(=O)C(C)(C)C1. The summed E-state index contributed by atoms with van der Waals surface area (Å²) in [4.78, 5) is 6.72. The number of ether oxygens (including phenoxy) is 1. The lowest BCUT2D eigenvalue weighted by Crippen LogP contribution is -2.57. The number of benzene rings is 1. The van der Waals surface area contributed by atoms with Crippen LogP contribution in [-0.4, -0.2) is 56.0 Å². The van der Waals surface area contributed by atoms with Crippen LogP contribution in [-0.2, 0) is 16.4 Å². The highest BCUT2D eigenvalue weighted by Crippen LogP contribution is 2.26. The molecular formula is C18H28ClN3O3S. The molecule has 1 aromatic carbocycles. The fourth-order valence-corrected chi connectivity index (χ4v) is 4.39. The molecule has 1 aliphatic heterocycles. The molecule has 8 heteroatoms. The van der Waals surface area contributed by atoms with E-state index in [4.69, 9.17) is 21.3 Å². The largest absolute Gasteiger partial charge is 0.493 e. The lowest BCUT2D eigenvalue weighted by molar-refractivity contribution is 0.336. The number of guanidine groups is 1. The molecule has 1 aromatic rings. The van der Waals surface area contributed by atoms with Gasteiger partial charge < -0.3 is 15.0 Å². The summed E-state index contributed by atoms with van der Waals surface area (Å²) in [6, 6.07) is 5.52. The Labute approximate surface area is 161 Å². The lowest BCUT2D eigenvalue weighted by atomic mass is 10.2.